The third kappa shape index (κ3) is 11.5. The van der Waals surface area contributed by atoms with Crippen LogP contribution >= 0.6 is 11.3 Å². The molecule has 14 heteroatoms. The van der Waals surface area contributed by atoms with E-state index in [0.29, 0.717) is 26.0 Å². The summed E-state index contributed by atoms with van der Waals surface area (Å²) in [6.07, 6.45) is 10.4. The van der Waals surface area contributed by atoms with Crippen LogP contribution in [0.4, 0.5) is 11.4 Å². The van der Waals surface area contributed by atoms with Crippen molar-refractivity contribution in [3.63, 3.8) is 0 Å². The first-order valence-electron chi connectivity index (χ1n) is 23.1. The van der Waals surface area contributed by atoms with Gasteiger partial charge in [-0.05, 0) is 118 Å². The lowest BCUT2D eigenvalue weighted by Gasteiger charge is -2.35. The Hall–Kier alpha value is -6.12. The number of thiazole rings is 1. The first-order chi connectivity index (χ1) is 31.7. The molecule has 0 unspecified atom stereocenters. The van der Waals surface area contributed by atoms with Crippen molar-refractivity contribution in [2.24, 2.45) is 5.41 Å². The van der Waals surface area contributed by atoms with E-state index in [-0.39, 0.29) is 30.4 Å². The predicted molar refractivity (Wildman–Crippen MR) is 261 cm³/mol. The average Bonchev–Trinajstić information content (AvgIpc) is 4.15. The summed E-state index contributed by atoms with van der Waals surface area (Å²) in [5.41, 5.74) is 11.7. The van der Waals surface area contributed by atoms with E-state index in [1.807, 2.05) is 76.9 Å². The molecule has 13 nitrogen and oxygen atoms in total. The lowest BCUT2D eigenvalue weighted by Crippen LogP contribution is -2.58. The largest absolute Gasteiger partial charge is 0.372 e. The molecule has 3 aromatic carbocycles. The number of rotatable bonds is 19. The van der Waals surface area contributed by atoms with Crippen molar-refractivity contribution in [3.05, 3.63) is 119 Å². The minimum Gasteiger partial charge on any atom is -0.372 e. The molecule has 1 saturated heterocycles. The summed E-state index contributed by atoms with van der Waals surface area (Å²) in [5.74, 6) is 0.00517. The maximum absolute atomic E-state index is 14.1. The van der Waals surface area contributed by atoms with Gasteiger partial charge >= 0.3 is 0 Å². The van der Waals surface area contributed by atoms with Gasteiger partial charge in [0.2, 0.25) is 17.7 Å². The number of hydrogen-bond donors (Lipinski definition) is 2. The van der Waals surface area contributed by atoms with Crippen LogP contribution in [0.3, 0.4) is 0 Å². The van der Waals surface area contributed by atoms with Crippen LogP contribution < -0.4 is 15.5 Å². The molecule has 0 radical (unpaired) electrons. The maximum Gasteiger partial charge on any atom is 0.246 e. The highest BCUT2D eigenvalue weighted by Gasteiger charge is 2.42. The van der Waals surface area contributed by atoms with Crippen LogP contribution in [0.2, 0.25) is 0 Å². The van der Waals surface area contributed by atoms with E-state index in [4.69, 9.17) is 9.26 Å². The number of nitrogens with one attached hydrogen (secondary N) is 2. The van der Waals surface area contributed by atoms with E-state index in [0.717, 1.165) is 93.6 Å². The molecule has 348 valence electrons. The highest BCUT2D eigenvalue weighted by Crippen LogP contribution is 2.36. The van der Waals surface area contributed by atoms with Crippen LogP contribution in [0.5, 0.6) is 0 Å². The topological polar surface area (TPSA) is 148 Å². The van der Waals surface area contributed by atoms with Crippen molar-refractivity contribution in [3.8, 4) is 27.3 Å². The smallest absolute Gasteiger partial charge is 0.246 e. The van der Waals surface area contributed by atoms with Gasteiger partial charge in [-0.25, -0.2) is 9.97 Å². The number of amides is 3. The lowest BCUT2D eigenvalue weighted by molar-refractivity contribution is -0.144. The number of imidazole rings is 1. The molecule has 2 N–H and O–H groups in total. The Morgan fingerprint density at radius 1 is 0.924 bits per heavy atom. The molecule has 7 rings (SSSR count). The Morgan fingerprint density at radius 2 is 1.67 bits per heavy atom. The van der Waals surface area contributed by atoms with E-state index < -0.39 is 17.5 Å². The number of carbonyl (C=O) groups is 3. The quantitative estimate of drug-likeness (QED) is 0.0758. The minimum absolute atomic E-state index is 0.147. The van der Waals surface area contributed by atoms with Crippen molar-refractivity contribution >= 4 is 40.4 Å². The number of aryl methyl sites for hydroxylation is 4. The lowest BCUT2D eigenvalue weighted by atomic mass is 9.85. The van der Waals surface area contributed by atoms with Gasteiger partial charge in [-0.2, -0.15) is 0 Å². The van der Waals surface area contributed by atoms with Crippen LogP contribution in [0, 0.1) is 33.1 Å². The van der Waals surface area contributed by atoms with E-state index in [2.05, 4.69) is 92.2 Å². The van der Waals surface area contributed by atoms with Gasteiger partial charge < -0.3 is 34.3 Å². The molecule has 0 saturated carbocycles. The number of unbranched alkanes of at least 4 members (excludes halogenated alkanes) is 3. The fourth-order valence-corrected chi connectivity index (χ4v) is 9.58. The number of nitrogens with zero attached hydrogens (tertiary/aromatic N) is 6. The second-order valence-electron chi connectivity index (χ2n) is 18.5. The Bertz CT molecular complexity index is 2540. The second-order valence-corrected chi connectivity index (χ2v) is 19.3. The summed E-state index contributed by atoms with van der Waals surface area (Å²) in [7, 11) is 0. The van der Waals surface area contributed by atoms with Gasteiger partial charge in [-0.15, -0.1) is 11.3 Å². The molecule has 3 aromatic heterocycles. The van der Waals surface area contributed by atoms with E-state index in [1.54, 1.807) is 28.8 Å². The number of aromatic nitrogens is 4. The van der Waals surface area contributed by atoms with Gasteiger partial charge in [0.25, 0.3) is 0 Å². The van der Waals surface area contributed by atoms with Crippen molar-refractivity contribution in [2.75, 3.05) is 31.2 Å². The highest BCUT2D eigenvalue weighted by atomic mass is 32.1. The molecule has 1 fully saturated rings. The zero-order valence-corrected chi connectivity index (χ0v) is 40.4. The van der Waals surface area contributed by atoms with E-state index in [9.17, 15) is 14.4 Å². The zero-order chi connectivity index (χ0) is 47.0. The van der Waals surface area contributed by atoms with E-state index >= 15 is 0 Å². The molecule has 4 heterocycles. The molecular weight excluding hydrogens is 849 g/mol. The van der Waals surface area contributed by atoms with Gasteiger partial charge in [0.15, 0.2) is 0 Å². The molecule has 6 aromatic rings. The number of anilines is 2. The number of carbonyl (C=O) groups excluding carboxylic acids is 3. The van der Waals surface area contributed by atoms with Gasteiger partial charge in [0.1, 0.15) is 24.5 Å². The predicted octanol–water partition coefficient (Wildman–Crippen LogP) is 10.00. The van der Waals surface area contributed by atoms with E-state index in [1.165, 1.54) is 5.56 Å². The first-order valence-corrected chi connectivity index (χ1v) is 24.0. The molecular formula is C52H64N8O5S. The van der Waals surface area contributed by atoms with Gasteiger partial charge in [-0.1, -0.05) is 75.2 Å². The Morgan fingerprint density at radius 3 is 2.33 bits per heavy atom. The Balaban J connectivity index is 0.887. The fraction of sp³-hybridized carbons (Fsp3) is 0.423. The van der Waals surface area contributed by atoms with Crippen LogP contribution in [0.1, 0.15) is 101 Å². The molecule has 1 aliphatic rings. The van der Waals surface area contributed by atoms with Crippen LogP contribution in [0.25, 0.3) is 27.3 Å². The molecule has 1 aliphatic heterocycles. The number of benzene rings is 3. The van der Waals surface area contributed by atoms with Crippen molar-refractivity contribution in [1.82, 2.24) is 35.2 Å². The molecule has 3 amide bonds. The number of ether oxygens (including phenoxy) is 1. The fourth-order valence-electron chi connectivity index (χ4n) is 8.76. The Kier molecular flexibility index (Phi) is 15.6. The summed E-state index contributed by atoms with van der Waals surface area (Å²) >= 11 is 1.61. The SMILES string of the molecule is Cc1ccc(-c2c(C)noc2C)cc1N(CCCCCCOCC(=O)N[C@H](C(=O)N1CCC[C@H]1C(=O)N[C@@H](C)c1ccc(-c2scnc2C)cc1)C(C)(C)C)c1ccc(-n2ccnc2)cc1. The zero-order valence-electron chi connectivity index (χ0n) is 39.6. The Labute approximate surface area is 393 Å². The van der Waals surface area contributed by atoms with Crippen molar-refractivity contribution in [1.29, 1.82) is 0 Å². The molecule has 3 atom stereocenters. The second kappa shape index (κ2) is 21.5. The number of likely N-dealkylation sites (tertiary alicyclic amines) is 1. The standard InChI is InChI=1S/C52H64N8O5S/c1-34-15-16-41(47-36(3)57-65-38(47)5)30-45(34)59(43-23-21-42(22-24-43)58-28-25-53-32-58)26-11-9-10-12-29-64-31-46(61)56-49(52(6,7)8)51(63)60-27-13-14-44(60)50(62)55-35(2)39-17-19-40(20-18-39)48-37(4)54-33-66-48/h15-25,28,30,32-33,35,44,49H,9-14,26-27,29,31H2,1-8H3,(H,55,62)(H,56,61)/t35-,44-,49+/m0/s1. The highest BCUT2D eigenvalue weighted by molar-refractivity contribution is 7.13. The third-order valence-corrected chi connectivity index (χ3v) is 13.5. The van der Waals surface area contributed by atoms with Gasteiger partial charge in [-0.3, -0.25) is 14.4 Å². The molecule has 66 heavy (non-hydrogen) atoms. The summed E-state index contributed by atoms with van der Waals surface area (Å²) in [5, 5.41) is 10.3. The van der Waals surface area contributed by atoms with Crippen molar-refractivity contribution in [2.45, 2.75) is 112 Å². The number of hydrogen-bond acceptors (Lipinski definition) is 10. The molecule has 0 spiro atoms. The summed E-state index contributed by atoms with van der Waals surface area (Å²) in [6, 6.07) is 21.5. The molecule has 0 aliphatic carbocycles. The normalized spacial score (nSPS) is 14.8. The summed E-state index contributed by atoms with van der Waals surface area (Å²) < 4.78 is 13.4. The van der Waals surface area contributed by atoms with Gasteiger partial charge in [0, 0.05) is 54.7 Å². The summed E-state index contributed by atoms with van der Waals surface area (Å²) in [6.45, 7) is 17.3. The average molecular weight is 913 g/mol. The first kappa shape index (κ1) is 47.8. The minimum atomic E-state index is -0.819. The van der Waals surface area contributed by atoms with Crippen LogP contribution in [0.15, 0.2) is 95.5 Å². The third-order valence-electron chi connectivity index (χ3n) is 12.5. The summed E-state index contributed by atoms with van der Waals surface area (Å²) in [4.78, 5) is 54.8. The monoisotopic (exact) mass is 912 g/mol. The molecule has 0 bridgehead atoms. The van der Waals surface area contributed by atoms with Crippen molar-refractivity contribution < 1.29 is 23.6 Å². The van der Waals surface area contributed by atoms with Gasteiger partial charge in [0.05, 0.1) is 34.1 Å². The van der Waals surface area contributed by atoms with Crippen LogP contribution in [-0.4, -0.2) is 80.7 Å². The van der Waals surface area contributed by atoms with Crippen LogP contribution in [-0.2, 0) is 19.1 Å². The maximum atomic E-state index is 14.1.